The van der Waals surface area contributed by atoms with Crippen LogP contribution in [0.5, 0.6) is 5.75 Å². The van der Waals surface area contributed by atoms with Crippen LogP contribution in [0, 0.1) is 0 Å². The van der Waals surface area contributed by atoms with E-state index in [0.717, 1.165) is 5.56 Å². The molecular weight excluding hydrogens is 412 g/mol. The molecule has 0 aliphatic heterocycles. The summed E-state index contributed by atoms with van der Waals surface area (Å²) in [6, 6.07) is 21.4. The van der Waals surface area contributed by atoms with E-state index in [9.17, 15) is 13.2 Å². The van der Waals surface area contributed by atoms with Gasteiger partial charge in [0.2, 0.25) is 5.91 Å². The number of hydrazone groups is 1. The summed E-state index contributed by atoms with van der Waals surface area (Å²) in [5, 5.41) is 4.32. The number of para-hydroxylation sites is 1. The van der Waals surface area contributed by atoms with Crippen LogP contribution >= 0.6 is 11.6 Å². The minimum Gasteiger partial charge on any atom is -0.378 e. The highest BCUT2D eigenvalue weighted by Gasteiger charge is 2.18. The zero-order valence-corrected chi connectivity index (χ0v) is 16.7. The van der Waals surface area contributed by atoms with E-state index in [1.54, 1.807) is 18.2 Å². The molecule has 0 fully saturated rings. The van der Waals surface area contributed by atoms with Crippen molar-refractivity contribution < 1.29 is 17.4 Å². The van der Waals surface area contributed by atoms with E-state index in [4.69, 9.17) is 15.8 Å². The van der Waals surface area contributed by atoms with Gasteiger partial charge < -0.3 is 4.18 Å². The van der Waals surface area contributed by atoms with Crippen molar-refractivity contribution in [3.8, 4) is 5.75 Å². The number of amides is 1. The standard InChI is InChI=1S/C21H17ClN2O4S/c22-18-10-12-19(13-11-18)29(26,27)28-20-9-5-4-8-17(20)15-23-24-21(25)14-16-6-2-1-3-7-16/h1-13,15H,14H2,(H,24,25). The second-order valence-electron chi connectivity index (χ2n) is 5.98. The van der Waals surface area contributed by atoms with Crippen molar-refractivity contribution in [1.82, 2.24) is 5.43 Å². The number of benzene rings is 3. The number of nitrogens with one attached hydrogen (secondary N) is 1. The minimum absolute atomic E-state index is 0.0233. The summed E-state index contributed by atoms with van der Waals surface area (Å²) < 4.78 is 30.2. The summed E-state index contributed by atoms with van der Waals surface area (Å²) in [5.74, 6) is -0.205. The van der Waals surface area contributed by atoms with E-state index < -0.39 is 10.1 Å². The van der Waals surface area contributed by atoms with Crippen LogP contribution in [-0.2, 0) is 21.3 Å². The molecule has 0 aromatic heterocycles. The third-order valence-corrected chi connectivity index (χ3v) is 5.32. The fourth-order valence-corrected chi connectivity index (χ4v) is 3.51. The molecule has 0 unspecified atom stereocenters. The molecule has 0 bridgehead atoms. The zero-order valence-electron chi connectivity index (χ0n) is 15.2. The smallest absolute Gasteiger partial charge is 0.339 e. The van der Waals surface area contributed by atoms with Crippen molar-refractivity contribution in [2.24, 2.45) is 5.10 Å². The van der Waals surface area contributed by atoms with E-state index in [1.165, 1.54) is 36.5 Å². The van der Waals surface area contributed by atoms with Crippen LogP contribution in [0.2, 0.25) is 5.02 Å². The number of rotatable bonds is 7. The van der Waals surface area contributed by atoms with Gasteiger partial charge in [-0.2, -0.15) is 13.5 Å². The monoisotopic (exact) mass is 428 g/mol. The summed E-state index contributed by atoms with van der Waals surface area (Å²) in [6.45, 7) is 0. The molecule has 0 aliphatic rings. The fraction of sp³-hybridized carbons (Fsp3) is 0.0476. The zero-order chi connectivity index (χ0) is 20.7. The number of hydrogen-bond acceptors (Lipinski definition) is 5. The van der Waals surface area contributed by atoms with Crippen LogP contribution in [0.3, 0.4) is 0 Å². The molecule has 8 heteroatoms. The average Bonchev–Trinajstić information content (AvgIpc) is 2.70. The Balaban J connectivity index is 1.69. The molecule has 3 rings (SSSR count). The summed E-state index contributed by atoms with van der Waals surface area (Å²) in [7, 11) is -4.04. The van der Waals surface area contributed by atoms with Crippen molar-refractivity contribution in [2.75, 3.05) is 0 Å². The van der Waals surface area contributed by atoms with E-state index in [-0.39, 0.29) is 23.0 Å². The largest absolute Gasteiger partial charge is 0.378 e. The molecule has 0 radical (unpaired) electrons. The van der Waals surface area contributed by atoms with Gasteiger partial charge >= 0.3 is 10.1 Å². The quantitative estimate of drug-likeness (QED) is 0.352. The van der Waals surface area contributed by atoms with E-state index in [2.05, 4.69) is 10.5 Å². The van der Waals surface area contributed by atoms with E-state index in [0.29, 0.717) is 10.6 Å². The third kappa shape index (κ3) is 5.91. The Morgan fingerprint density at radius 2 is 1.62 bits per heavy atom. The molecule has 148 valence electrons. The first-order chi connectivity index (χ1) is 13.9. The number of hydrogen-bond donors (Lipinski definition) is 1. The van der Waals surface area contributed by atoms with Crippen LogP contribution < -0.4 is 9.61 Å². The molecule has 0 saturated carbocycles. The van der Waals surface area contributed by atoms with Gasteiger partial charge in [-0.05, 0) is 42.0 Å². The summed E-state index contributed by atoms with van der Waals surface area (Å²) in [6.07, 6.45) is 1.51. The van der Waals surface area contributed by atoms with Gasteiger partial charge in [-0.1, -0.05) is 54.1 Å². The molecule has 0 spiro atoms. The van der Waals surface area contributed by atoms with Crippen molar-refractivity contribution >= 4 is 33.8 Å². The third-order valence-electron chi connectivity index (χ3n) is 3.82. The topological polar surface area (TPSA) is 84.8 Å². The lowest BCUT2D eigenvalue weighted by atomic mass is 10.1. The van der Waals surface area contributed by atoms with Crippen molar-refractivity contribution in [1.29, 1.82) is 0 Å². The highest BCUT2D eigenvalue weighted by Crippen LogP contribution is 2.22. The Kier molecular flexibility index (Phi) is 6.64. The lowest BCUT2D eigenvalue weighted by Gasteiger charge is -2.09. The molecule has 0 aliphatic carbocycles. The highest BCUT2D eigenvalue weighted by molar-refractivity contribution is 7.87. The van der Waals surface area contributed by atoms with Crippen molar-refractivity contribution in [3.63, 3.8) is 0 Å². The molecule has 0 heterocycles. The molecule has 6 nitrogen and oxygen atoms in total. The Labute approximate surface area is 173 Å². The van der Waals surface area contributed by atoms with Crippen molar-refractivity contribution in [2.45, 2.75) is 11.3 Å². The first-order valence-electron chi connectivity index (χ1n) is 8.59. The number of carbonyl (C=O) groups is 1. The van der Waals surface area contributed by atoms with Crippen LogP contribution in [0.1, 0.15) is 11.1 Å². The van der Waals surface area contributed by atoms with E-state index in [1.807, 2.05) is 30.3 Å². The summed E-state index contributed by atoms with van der Waals surface area (Å²) in [5.41, 5.74) is 3.67. The summed E-state index contributed by atoms with van der Waals surface area (Å²) >= 11 is 5.79. The average molecular weight is 429 g/mol. The maximum atomic E-state index is 12.5. The van der Waals surface area contributed by atoms with Gasteiger partial charge in [0.15, 0.2) is 5.75 Å². The number of nitrogens with zero attached hydrogens (tertiary/aromatic N) is 1. The van der Waals surface area contributed by atoms with Gasteiger partial charge in [-0.25, -0.2) is 5.43 Å². The van der Waals surface area contributed by atoms with Gasteiger partial charge in [0.1, 0.15) is 4.90 Å². The number of carbonyl (C=O) groups excluding carboxylic acids is 1. The Morgan fingerprint density at radius 3 is 2.34 bits per heavy atom. The van der Waals surface area contributed by atoms with Crippen LogP contribution in [0.25, 0.3) is 0 Å². The van der Waals surface area contributed by atoms with Gasteiger partial charge in [0.25, 0.3) is 0 Å². The van der Waals surface area contributed by atoms with Crippen LogP contribution in [0.15, 0.2) is 88.9 Å². The maximum absolute atomic E-state index is 12.5. The maximum Gasteiger partial charge on any atom is 0.339 e. The summed E-state index contributed by atoms with van der Waals surface area (Å²) in [4.78, 5) is 11.9. The fourth-order valence-electron chi connectivity index (χ4n) is 2.43. The molecular formula is C21H17ClN2O4S. The molecule has 0 saturated heterocycles. The first kappa shape index (κ1) is 20.6. The number of halogens is 1. The predicted octanol–water partition coefficient (Wildman–Crippen LogP) is 3.80. The predicted molar refractivity (Wildman–Crippen MR) is 112 cm³/mol. The molecule has 29 heavy (non-hydrogen) atoms. The lowest BCUT2D eigenvalue weighted by Crippen LogP contribution is -2.19. The first-order valence-corrected chi connectivity index (χ1v) is 10.4. The van der Waals surface area contributed by atoms with Gasteiger partial charge in [-0.15, -0.1) is 0 Å². The SMILES string of the molecule is O=C(Cc1ccccc1)NN=Cc1ccccc1OS(=O)(=O)c1ccc(Cl)cc1. The Hall–Kier alpha value is -3.16. The highest BCUT2D eigenvalue weighted by atomic mass is 35.5. The Morgan fingerprint density at radius 1 is 0.966 bits per heavy atom. The second kappa shape index (κ2) is 9.36. The second-order valence-corrected chi connectivity index (χ2v) is 7.97. The lowest BCUT2D eigenvalue weighted by molar-refractivity contribution is -0.120. The van der Waals surface area contributed by atoms with Gasteiger partial charge in [0, 0.05) is 10.6 Å². The molecule has 0 atom stereocenters. The van der Waals surface area contributed by atoms with Gasteiger partial charge in [0.05, 0.1) is 12.6 Å². The van der Waals surface area contributed by atoms with Crippen LogP contribution in [0.4, 0.5) is 0 Å². The minimum atomic E-state index is -4.04. The van der Waals surface area contributed by atoms with Crippen LogP contribution in [-0.4, -0.2) is 20.5 Å². The van der Waals surface area contributed by atoms with E-state index >= 15 is 0 Å². The normalized spacial score (nSPS) is 11.3. The Bertz CT molecular complexity index is 1110. The molecule has 1 N–H and O–H groups in total. The molecule has 3 aromatic rings. The molecule has 3 aromatic carbocycles. The van der Waals surface area contributed by atoms with Crippen molar-refractivity contribution in [3.05, 3.63) is 95.0 Å². The molecule has 1 amide bonds. The van der Waals surface area contributed by atoms with Gasteiger partial charge in [-0.3, -0.25) is 4.79 Å².